The molecule has 1 saturated heterocycles. The number of amides is 1. The van der Waals surface area contributed by atoms with Gasteiger partial charge in [-0.05, 0) is 42.0 Å². The number of benzene rings is 1. The molecule has 1 aromatic carbocycles. The van der Waals surface area contributed by atoms with E-state index in [9.17, 15) is 9.90 Å². The van der Waals surface area contributed by atoms with Gasteiger partial charge in [-0.2, -0.15) is 11.8 Å². The highest BCUT2D eigenvalue weighted by Gasteiger charge is 2.16. The van der Waals surface area contributed by atoms with Crippen molar-refractivity contribution in [2.45, 2.75) is 6.42 Å². The summed E-state index contributed by atoms with van der Waals surface area (Å²) in [6.45, 7) is 0.674. The number of hydrogen-bond acceptors (Lipinski definition) is 4. The van der Waals surface area contributed by atoms with E-state index in [1.54, 1.807) is 0 Å². The molecule has 1 aliphatic heterocycles. The Kier molecular flexibility index (Phi) is 3.78. The van der Waals surface area contributed by atoms with Gasteiger partial charge in [-0.3, -0.25) is 4.79 Å². The summed E-state index contributed by atoms with van der Waals surface area (Å²) >= 11 is 1.91. The third kappa shape index (κ3) is 3.06. The molecule has 2 rings (SSSR count). The van der Waals surface area contributed by atoms with Gasteiger partial charge in [0.2, 0.25) is 0 Å². The number of carbonyl (C=O) groups is 1. The Morgan fingerprint density at radius 3 is 2.88 bits per heavy atom. The Bertz CT molecular complexity index is 416. The van der Waals surface area contributed by atoms with Crippen LogP contribution in [0, 0.1) is 5.92 Å². The maximum Gasteiger partial charge on any atom is 0.251 e. The summed E-state index contributed by atoms with van der Waals surface area (Å²) in [6.07, 6.45) is 1.14. The van der Waals surface area contributed by atoms with Gasteiger partial charge in [0.15, 0.2) is 11.5 Å². The van der Waals surface area contributed by atoms with Crippen LogP contribution in [-0.2, 0) is 0 Å². The second-order valence-electron chi connectivity index (χ2n) is 4.14. The number of hydrogen-bond donors (Lipinski definition) is 3. The third-order valence-corrected chi connectivity index (χ3v) is 4.04. The molecule has 17 heavy (non-hydrogen) atoms. The molecule has 0 radical (unpaired) electrons. The fourth-order valence-corrected chi connectivity index (χ4v) is 3.03. The second-order valence-corrected chi connectivity index (χ2v) is 5.29. The van der Waals surface area contributed by atoms with E-state index < -0.39 is 0 Å². The lowest BCUT2D eigenvalue weighted by atomic mass is 10.1. The van der Waals surface area contributed by atoms with Gasteiger partial charge in [-0.1, -0.05) is 0 Å². The standard InChI is InChI=1S/C12H15NO3S/c14-10-2-1-9(5-11(10)15)12(16)13-6-8-3-4-17-7-8/h1-2,5,8,14-15H,3-4,6-7H2,(H,13,16). The minimum Gasteiger partial charge on any atom is -0.504 e. The van der Waals surface area contributed by atoms with Crippen molar-refractivity contribution in [3.8, 4) is 11.5 Å². The first-order valence-corrected chi connectivity index (χ1v) is 6.70. The summed E-state index contributed by atoms with van der Waals surface area (Å²) in [5.41, 5.74) is 0.367. The molecule has 0 saturated carbocycles. The molecule has 1 unspecified atom stereocenters. The van der Waals surface area contributed by atoms with Gasteiger partial charge in [0, 0.05) is 12.1 Å². The fraction of sp³-hybridized carbons (Fsp3) is 0.417. The van der Waals surface area contributed by atoms with Crippen molar-refractivity contribution in [3.63, 3.8) is 0 Å². The molecule has 1 fully saturated rings. The fourth-order valence-electron chi connectivity index (χ4n) is 1.75. The zero-order valence-electron chi connectivity index (χ0n) is 9.35. The lowest BCUT2D eigenvalue weighted by Gasteiger charge is -2.10. The lowest BCUT2D eigenvalue weighted by molar-refractivity contribution is 0.0948. The van der Waals surface area contributed by atoms with E-state index >= 15 is 0 Å². The summed E-state index contributed by atoms with van der Waals surface area (Å²) < 4.78 is 0. The molecule has 5 heteroatoms. The highest BCUT2D eigenvalue weighted by atomic mass is 32.2. The first-order valence-electron chi connectivity index (χ1n) is 5.55. The van der Waals surface area contributed by atoms with Gasteiger partial charge in [-0.25, -0.2) is 0 Å². The van der Waals surface area contributed by atoms with Crippen LogP contribution in [0.2, 0.25) is 0 Å². The summed E-state index contributed by atoms with van der Waals surface area (Å²) in [6, 6.07) is 4.08. The van der Waals surface area contributed by atoms with Crippen LogP contribution >= 0.6 is 11.8 Å². The van der Waals surface area contributed by atoms with E-state index in [1.165, 1.54) is 24.0 Å². The normalized spacial score (nSPS) is 19.2. The van der Waals surface area contributed by atoms with Crippen LogP contribution in [0.25, 0.3) is 0 Å². The van der Waals surface area contributed by atoms with Crippen molar-refractivity contribution in [2.75, 3.05) is 18.1 Å². The second kappa shape index (κ2) is 5.31. The zero-order valence-corrected chi connectivity index (χ0v) is 10.2. The number of phenolic OH excluding ortho intramolecular Hbond substituents is 2. The largest absolute Gasteiger partial charge is 0.504 e. The van der Waals surface area contributed by atoms with Crippen molar-refractivity contribution in [1.82, 2.24) is 5.32 Å². The van der Waals surface area contributed by atoms with Crippen molar-refractivity contribution < 1.29 is 15.0 Å². The zero-order chi connectivity index (χ0) is 12.3. The third-order valence-electron chi connectivity index (χ3n) is 2.81. The van der Waals surface area contributed by atoms with E-state index in [1.807, 2.05) is 11.8 Å². The molecule has 1 aromatic rings. The van der Waals surface area contributed by atoms with Crippen LogP contribution in [0.5, 0.6) is 11.5 Å². The molecule has 0 aliphatic carbocycles. The minimum atomic E-state index is -0.269. The predicted molar refractivity (Wildman–Crippen MR) is 67.5 cm³/mol. The average molecular weight is 253 g/mol. The molecule has 0 bridgehead atoms. The summed E-state index contributed by atoms with van der Waals surface area (Å²) in [7, 11) is 0. The number of nitrogens with one attached hydrogen (secondary N) is 1. The Balaban J connectivity index is 1.92. The Morgan fingerprint density at radius 1 is 1.41 bits per heavy atom. The van der Waals surface area contributed by atoms with Crippen LogP contribution in [0.4, 0.5) is 0 Å². The lowest BCUT2D eigenvalue weighted by Crippen LogP contribution is -2.29. The highest BCUT2D eigenvalue weighted by molar-refractivity contribution is 7.99. The molecule has 1 aliphatic rings. The smallest absolute Gasteiger partial charge is 0.251 e. The quantitative estimate of drug-likeness (QED) is 0.715. The van der Waals surface area contributed by atoms with Gasteiger partial charge < -0.3 is 15.5 Å². The van der Waals surface area contributed by atoms with E-state index in [-0.39, 0.29) is 17.4 Å². The first kappa shape index (κ1) is 12.1. The Labute approximate surface area is 104 Å². The van der Waals surface area contributed by atoms with Crippen LogP contribution in [0.3, 0.4) is 0 Å². The van der Waals surface area contributed by atoms with Crippen LogP contribution in [-0.4, -0.2) is 34.2 Å². The highest BCUT2D eigenvalue weighted by Crippen LogP contribution is 2.25. The van der Waals surface area contributed by atoms with Gasteiger partial charge in [0.1, 0.15) is 0 Å². The maximum atomic E-state index is 11.8. The predicted octanol–water partition coefficient (Wildman–Crippen LogP) is 1.58. The first-order chi connectivity index (χ1) is 8.16. The summed E-state index contributed by atoms with van der Waals surface area (Å²) in [4.78, 5) is 11.8. The number of carbonyl (C=O) groups excluding carboxylic acids is 1. The minimum absolute atomic E-state index is 0.211. The molecular weight excluding hydrogens is 238 g/mol. The van der Waals surface area contributed by atoms with Gasteiger partial charge in [-0.15, -0.1) is 0 Å². The molecule has 1 amide bonds. The molecule has 1 atom stereocenters. The SMILES string of the molecule is O=C(NCC1CCSC1)c1ccc(O)c(O)c1. The van der Waals surface area contributed by atoms with Crippen molar-refractivity contribution in [3.05, 3.63) is 23.8 Å². The van der Waals surface area contributed by atoms with Crippen LogP contribution < -0.4 is 5.32 Å². The van der Waals surface area contributed by atoms with E-state index in [0.717, 1.165) is 12.2 Å². The van der Waals surface area contributed by atoms with Gasteiger partial charge in [0.05, 0.1) is 0 Å². The number of phenols is 2. The topological polar surface area (TPSA) is 69.6 Å². The maximum absolute atomic E-state index is 11.8. The van der Waals surface area contributed by atoms with E-state index in [4.69, 9.17) is 5.11 Å². The molecule has 92 valence electrons. The van der Waals surface area contributed by atoms with Gasteiger partial charge >= 0.3 is 0 Å². The molecule has 4 nitrogen and oxygen atoms in total. The summed E-state index contributed by atoms with van der Waals surface area (Å²) in [5.74, 6) is 2.12. The van der Waals surface area contributed by atoms with Crippen LogP contribution in [0.15, 0.2) is 18.2 Å². The van der Waals surface area contributed by atoms with Crippen molar-refractivity contribution in [1.29, 1.82) is 0 Å². The summed E-state index contributed by atoms with van der Waals surface area (Å²) in [5, 5.41) is 21.3. The van der Waals surface area contributed by atoms with E-state index in [0.29, 0.717) is 18.0 Å². The Hall–Kier alpha value is -1.36. The average Bonchev–Trinajstić information content (AvgIpc) is 2.82. The number of thioether (sulfide) groups is 1. The molecule has 0 aromatic heterocycles. The molecule has 3 N–H and O–H groups in total. The van der Waals surface area contributed by atoms with Gasteiger partial charge in [0.25, 0.3) is 5.91 Å². The Morgan fingerprint density at radius 2 is 2.24 bits per heavy atom. The van der Waals surface area contributed by atoms with Crippen LogP contribution in [0.1, 0.15) is 16.8 Å². The van der Waals surface area contributed by atoms with Crippen molar-refractivity contribution >= 4 is 17.7 Å². The number of aromatic hydroxyl groups is 2. The number of rotatable bonds is 3. The van der Waals surface area contributed by atoms with Crippen molar-refractivity contribution in [2.24, 2.45) is 5.92 Å². The monoisotopic (exact) mass is 253 g/mol. The molecular formula is C12H15NO3S. The van der Waals surface area contributed by atoms with E-state index in [2.05, 4.69) is 5.32 Å². The molecule has 1 heterocycles. The molecule has 0 spiro atoms.